The third-order valence-corrected chi connectivity index (χ3v) is 6.33. The van der Waals surface area contributed by atoms with Crippen molar-refractivity contribution in [2.24, 2.45) is 10.2 Å². The Morgan fingerprint density at radius 1 is 0.889 bits per heavy atom. The molecular formula is C29H23N3O3S. The van der Waals surface area contributed by atoms with Gasteiger partial charge in [0.1, 0.15) is 18.1 Å². The van der Waals surface area contributed by atoms with E-state index >= 15 is 0 Å². The van der Waals surface area contributed by atoms with Crippen LogP contribution in [-0.4, -0.2) is 22.2 Å². The van der Waals surface area contributed by atoms with Crippen LogP contribution < -0.4 is 4.74 Å². The van der Waals surface area contributed by atoms with E-state index in [4.69, 9.17) is 9.15 Å². The molecule has 1 aromatic heterocycles. The molecule has 0 bridgehead atoms. The van der Waals surface area contributed by atoms with E-state index in [1.165, 1.54) is 11.8 Å². The van der Waals surface area contributed by atoms with E-state index in [1.807, 2.05) is 97.1 Å². The van der Waals surface area contributed by atoms with E-state index in [2.05, 4.69) is 10.2 Å². The molecular weight excluding hydrogens is 470 g/mol. The lowest BCUT2D eigenvalue weighted by Crippen LogP contribution is -2.28. The van der Waals surface area contributed by atoms with Crippen LogP contribution >= 0.6 is 11.8 Å². The fourth-order valence-electron chi connectivity index (χ4n) is 3.55. The summed E-state index contributed by atoms with van der Waals surface area (Å²) in [5, 5.41) is 9.06. The highest BCUT2D eigenvalue weighted by Crippen LogP contribution is 2.34. The lowest BCUT2D eigenvalue weighted by atomic mass is 10.2. The average Bonchev–Trinajstić information content (AvgIpc) is 3.53. The fourth-order valence-corrected chi connectivity index (χ4v) is 4.49. The minimum atomic E-state index is -0.152. The number of rotatable bonds is 8. The van der Waals surface area contributed by atoms with E-state index < -0.39 is 0 Å². The van der Waals surface area contributed by atoms with Crippen molar-refractivity contribution in [3.8, 4) is 5.75 Å². The molecule has 0 saturated carbocycles. The summed E-state index contributed by atoms with van der Waals surface area (Å²) >= 11 is 1.29. The lowest BCUT2D eigenvalue weighted by Gasteiger charge is -2.12. The van der Waals surface area contributed by atoms with Crippen LogP contribution in [0.1, 0.15) is 22.5 Å². The predicted octanol–water partition coefficient (Wildman–Crippen LogP) is 6.37. The highest BCUT2D eigenvalue weighted by atomic mass is 32.2. The number of carbonyl (C=O) groups is 1. The molecule has 178 valence electrons. The summed E-state index contributed by atoms with van der Waals surface area (Å²) in [6, 6.07) is 31.0. The summed E-state index contributed by atoms with van der Waals surface area (Å²) in [5.74, 6) is 1.25. The van der Waals surface area contributed by atoms with E-state index in [0.29, 0.717) is 22.4 Å². The number of benzene rings is 3. The minimum Gasteiger partial charge on any atom is -0.489 e. The Bertz CT molecular complexity index is 1400. The maximum absolute atomic E-state index is 13.3. The third kappa shape index (κ3) is 6.00. The van der Waals surface area contributed by atoms with Crippen LogP contribution in [0.5, 0.6) is 5.75 Å². The van der Waals surface area contributed by atoms with Gasteiger partial charge >= 0.3 is 0 Å². The molecule has 2 heterocycles. The first-order valence-corrected chi connectivity index (χ1v) is 12.2. The Balaban J connectivity index is 1.36. The van der Waals surface area contributed by atoms with Gasteiger partial charge in [-0.2, -0.15) is 5.10 Å². The lowest BCUT2D eigenvalue weighted by molar-refractivity contribution is -0.122. The molecule has 0 aliphatic carbocycles. The zero-order chi connectivity index (χ0) is 24.6. The van der Waals surface area contributed by atoms with Gasteiger partial charge in [-0.1, -0.05) is 72.8 Å². The van der Waals surface area contributed by atoms with E-state index in [1.54, 1.807) is 23.4 Å². The molecule has 0 unspecified atom stereocenters. The Labute approximate surface area is 213 Å². The predicted molar refractivity (Wildman–Crippen MR) is 144 cm³/mol. The summed E-state index contributed by atoms with van der Waals surface area (Å²) < 4.78 is 11.4. The van der Waals surface area contributed by atoms with Crippen molar-refractivity contribution in [1.82, 2.24) is 4.90 Å². The topological polar surface area (TPSA) is 67.4 Å². The standard InChI is InChI=1S/C29H23N3O3S/c33-28-27(18-24-13-7-14-25(17-24)35-21-23-11-5-2-6-12-23)36-29(32(28)20-26-15-8-16-34-26)31-30-19-22-9-3-1-4-10-22/h1-19H,20-21H2/b27-18-,30-19-,31-29+. The molecule has 6 nitrogen and oxygen atoms in total. The van der Waals surface area contributed by atoms with Crippen LogP contribution in [0, 0.1) is 0 Å². The van der Waals surface area contributed by atoms with E-state index in [0.717, 1.165) is 22.4 Å². The smallest absolute Gasteiger partial charge is 0.267 e. The number of furan rings is 1. The summed E-state index contributed by atoms with van der Waals surface area (Å²) in [6.07, 6.45) is 5.10. The number of hydrogen-bond acceptors (Lipinski definition) is 6. The molecule has 0 radical (unpaired) electrons. The summed E-state index contributed by atoms with van der Waals surface area (Å²) in [7, 11) is 0. The first-order valence-electron chi connectivity index (χ1n) is 11.4. The highest BCUT2D eigenvalue weighted by molar-refractivity contribution is 8.18. The summed E-state index contributed by atoms with van der Waals surface area (Å²) in [6.45, 7) is 0.748. The van der Waals surface area contributed by atoms with Crippen LogP contribution in [0.3, 0.4) is 0 Å². The molecule has 1 aliphatic rings. The molecule has 7 heteroatoms. The SMILES string of the molecule is O=C1/C(=C/c2cccc(OCc3ccccc3)c2)S/C(=N/N=C\c2ccccc2)N1Cc1ccco1. The Hall–Kier alpha value is -4.36. The fraction of sp³-hybridized carbons (Fsp3) is 0.0690. The first-order chi connectivity index (χ1) is 17.7. The molecule has 0 spiro atoms. The normalized spacial score (nSPS) is 15.9. The molecule has 1 aliphatic heterocycles. The molecule has 36 heavy (non-hydrogen) atoms. The molecule has 1 fully saturated rings. The van der Waals surface area contributed by atoms with Gasteiger partial charge in [0.25, 0.3) is 5.91 Å². The maximum atomic E-state index is 13.3. The third-order valence-electron chi connectivity index (χ3n) is 5.34. The second-order valence-corrected chi connectivity index (χ2v) is 8.98. The van der Waals surface area contributed by atoms with Crippen molar-refractivity contribution in [2.45, 2.75) is 13.2 Å². The quantitative estimate of drug-likeness (QED) is 0.163. The Morgan fingerprint density at radius 3 is 2.44 bits per heavy atom. The minimum absolute atomic E-state index is 0.152. The Morgan fingerprint density at radius 2 is 1.67 bits per heavy atom. The van der Waals surface area contributed by atoms with Crippen molar-refractivity contribution in [1.29, 1.82) is 0 Å². The molecule has 3 aromatic carbocycles. The second-order valence-electron chi connectivity index (χ2n) is 7.97. The number of amidine groups is 1. The van der Waals surface area contributed by atoms with Gasteiger partial charge in [0.15, 0.2) is 5.17 Å². The van der Waals surface area contributed by atoms with Crippen molar-refractivity contribution in [2.75, 3.05) is 0 Å². The van der Waals surface area contributed by atoms with Gasteiger partial charge in [-0.25, -0.2) is 0 Å². The van der Waals surface area contributed by atoms with Gasteiger partial charge in [0.2, 0.25) is 0 Å². The second kappa shape index (κ2) is 11.4. The van der Waals surface area contributed by atoms with Crippen LogP contribution in [0.25, 0.3) is 6.08 Å². The van der Waals surface area contributed by atoms with E-state index in [9.17, 15) is 4.79 Å². The van der Waals surface area contributed by atoms with Gasteiger partial charge in [-0.3, -0.25) is 9.69 Å². The van der Waals surface area contributed by atoms with Crippen LogP contribution in [0.4, 0.5) is 0 Å². The molecule has 4 aromatic rings. The van der Waals surface area contributed by atoms with Crippen LogP contribution in [0.2, 0.25) is 0 Å². The summed E-state index contributed by atoms with van der Waals surface area (Å²) in [4.78, 5) is 15.4. The van der Waals surface area contributed by atoms with Gasteiger partial charge in [0.05, 0.1) is 23.9 Å². The van der Waals surface area contributed by atoms with Crippen molar-refractivity contribution >= 4 is 35.1 Å². The number of nitrogens with zero attached hydrogens (tertiary/aromatic N) is 3. The van der Waals surface area contributed by atoms with Gasteiger partial charge in [-0.15, -0.1) is 5.10 Å². The molecule has 1 amide bonds. The largest absolute Gasteiger partial charge is 0.489 e. The molecule has 0 N–H and O–H groups in total. The molecule has 5 rings (SSSR count). The number of thioether (sulfide) groups is 1. The van der Waals surface area contributed by atoms with Crippen molar-refractivity contribution < 1.29 is 13.9 Å². The van der Waals surface area contributed by atoms with Crippen LogP contribution in [-0.2, 0) is 17.9 Å². The zero-order valence-corrected chi connectivity index (χ0v) is 20.2. The highest BCUT2D eigenvalue weighted by Gasteiger charge is 2.34. The van der Waals surface area contributed by atoms with Crippen LogP contribution in [0.15, 0.2) is 123 Å². The van der Waals surface area contributed by atoms with Gasteiger partial charge < -0.3 is 9.15 Å². The van der Waals surface area contributed by atoms with E-state index in [-0.39, 0.29) is 12.5 Å². The van der Waals surface area contributed by atoms with Crippen molar-refractivity contribution in [3.63, 3.8) is 0 Å². The zero-order valence-electron chi connectivity index (χ0n) is 19.4. The Kier molecular flexibility index (Phi) is 7.39. The average molecular weight is 494 g/mol. The first kappa shape index (κ1) is 23.4. The molecule has 0 atom stereocenters. The molecule has 1 saturated heterocycles. The number of amides is 1. The van der Waals surface area contributed by atoms with Gasteiger partial charge in [0, 0.05) is 0 Å². The van der Waals surface area contributed by atoms with Gasteiger partial charge in [-0.05, 0) is 58.8 Å². The summed E-state index contributed by atoms with van der Waals surface area (Å²) in [5.41, 5.74) is 2.88. The van der Waals surface area contributed by atoms with Crippen molar-refractivity contribution in [3.05, 3.63) is 131 Å². The number of hydrogen-bond donors (Lipinski definition) is 0. The maximum Gasteiger partial charge on any atom is 0.267 e. The number of ether oxygens (including phenoxy) is 1. The number of carbonyl (C=O) groups excluding carboxylic acids is 1. The monoisotopic (exact) mass is 493 g/mol.